The SMILES string of the molecule is COC(=O)N(Cc1cc(C(F)(F)F)cc(C(F)(F)F)c1)[C@@H]1C[C@H](C)N(C(=O)C(F)(F)F)c2cc(OC)c(OC)cc21. The van der Waals surface area contributed by atoms with E-state index in [1.54, 1.807) is 0 Å². The molecule has 0 N–H and O–H groups in total. The standard InChI is InChI=1S/C25H23F9N2O5/c1-12-5-17(16-9-19(39-2)20(40-3)10-18(16)36(12)21(37)25(32,33)34)35(22(38)41-4)11-13-6-14(23(26,27)28)8-15(7-13)24(29,30)31/h6-10,12,17H,5,11H2,1-4H3/t12-,17+/m0/s1. The van der Waals surface area contributed by atoms with Gasteiger partial charge in [0, 0.05) is 24.2 Å². The number of carbonyl (C=O) groups excluding carboxylic acids is 2. The Bertz CT molecular complexity index is 1280. The van der Waals surface area contributed by atoms with Crippen molar-refractivity contribution in [1.29, 1.82) is 0 Å². The van der Waals surface area contributed by atoms with Crippen LogP contribution < -0.4 is 14.4 Å². The van der Waals surface area contributed by atoms with Crippen LogP contribution in [0.25, 0.3) is 0 Å². The summed E-state index contributed by atoms with van der Waals surface area (Å²) in [6.45, 7) is 0.371. The van der Waals surface area contributed by atoms with Gasteiger partial charge in [0.1, 0.15) is 0 Å². The van der Waals surface area contributed by atoms with Crippen LogP contribution in [-0.2, 0) is 28.4 Å². The van der Waals surface area contributed by atoms with Crippen molar-refractivity contribution in [3.63, 3.8) is 0 Å². The molecule has 1 aliphatic heterocycles. The van der Waals surface area contributed by atoms with Gasteiger partial charge in [-0.15, -0.1) is 0 Å². The third-order valence-corrected chi connectivity index (χ3v) is 6.40. The number of benzene rings is 2. The second-order valence-electron chi connectivity index (χ2n) is 9.05. The number of alkyl halides is 9. The molecule has 2 aromatic rings. The predicted molar refractivity (Wildman–Crippen MR) is 124 cm³/mol. The molecular formula is C25H23F9N2O5. The number of hydrogen-bond acceptors (Lipinski definition) is 5. The van der Waals surface area contributed by atoms with Crippen LogP contribution in [0.1, 0.15) is 41.6 Å². The van der Waals surface area contributed by atoms with E-state index in [-0.39, 0.29) is 28.8 Å². The number of hydrogen-bond donors (Lipinski definition) is 0. The Kier molecular flexibility index (Phi) is 8.65. The summed E-state index contributed by atoms with van der Waals surface area (Å²) in [5, 5.41) is 0. The highest BCUT2D eigenvalue weighted by molar-refractivity contribution is 5.99. The lowest BCUT2D eigenvalue weighted by Gasteiger charge is -2.43. The number of fused-ring (bicyclic) bond motifs is 1. The number of rotatable bonds is 5. The fraction of sp³-hybridized carbons (Fsp3) is 0.440. The number of methoxy groups -OCH3 is 3. The maximum atomic E-state index is 13.5. The van der Waals surface area contributed by atoms with E-state index in [1.165, 1.54) is 27.2 Å². The third-order valence-electron chi connectivity index (χ3n) is 6.40. The monoisotopic (exact) mass is 602 g/mol. The molecular weight excluding hydrogens is 579 g/mol. The van der Waals surface area contributed by atoms with Gasteiger partial charge in [0.2, 0.25) is 0 Å². The quantitative estimate of drug-likeness (QED) is 0.355. The lowest BCUT2D eigenvalue weighted by Crippen LogP contribution is -2.51. The molecule has 0 spiro atoms. The average molecular weight is 602 g/mol. The fourth-order valence-electron chi connectivity index (χ4n) is 4.62. The molecule has 0 saturated carbocycles. The average Bonchev–Trinajstić information content (AvgIpc) is 2.88. The first-order chi connectivity index (χ1) is 18.8. The normalized spacial score (nSPS) is 17.5. The molecule has 0 bridgehead atoms. The summed E-state index contributed by atoms with van der Waals surface area (Å²) in [6.07, 6.45) is -17.2. The Morgan fingerprint density at radius 3 is 1.80 bits per heavy atom. The Morgan fingerprint density at radius 1 is 0.854 bits per heavy atom. The highest BCUT2D eigenvalue weighted by Gasteiger charge is 2.49. The number of nitrogens with zero attached hydrogens (tertiary/aromatic N) is 2. The van der Waals surface area contributed by atoms with Gasteiger partial charge in [0.25, 0.3) is 0 Å². The molecule has 0 saturated heterocycles. The maximum Gasteiger partial charge on any atom is 0.471 e. The smallest absolute Gasteiger partial charge is 0.471 e. The number of amides is 2. The Morgan fingerprint density at radius 2 is 1.37 bits per heavy atom. The first-order valence-corrected chi connectivity index (χ1v) is 11.6. The Labute approximate surface area is 227 Å². The molecule has 1 heterocycles. The largest absolute Gasteiger partial charge is 0.493 e. The maximum absolute atomic E-state index is 13.5. The van der Waals surface area contributed by atoms with Gasteiger partial charge in [-0.25, -0.2) is 4.79 Å². The zero-order valence-corrected chi connectivity index (χ0v) is 21.8. The van der Waals surface area contributed by atoms with Crippen molar-refractivity contribution >= 4 is 17.7 Å². The summed E-state index contributed by atoms with van der Waals surface area (Å²) in [5.41, 5.74) is -4.31. The van der Waals surface area contributed by atoms with E-state index < -0.39 is 72.3 Å². The van der Waals surface area contributed by atoms with Crippen LogP contribution in [0.15, 0.2) is 30.3 Å². The minimum Gasteiger partial charge on any atom is -0.493 e. The van der Waals surface area contributed by atoms with Crippen LogP contribution in [0, 0.1) is 0 Å². The minimum absolute atomic E-state index is 0.0338. The summed E-state index contributed by atoms with van der Waals surface area (Å²) in [5.74, 6) is -2.36. The van der Waals surface area contributed by atoms with Gasteiger partial charge in [-0.1, -0.05) is 0 Å². The molecule has 0 aromatic heterocycles. The van der Waals surface area contributed by atoms with Crippen molar-refractivity contribution in [3.05, 3.63) is 52.6 Å². The topological polar surface area (TPSA) is 68.3 Å². The molecule has 0 fully saturated rings. The Balaban J connectivity index is 2.24. The number of halogens is 9. The predicted octanol–water partition coefficient (Wildman–Crippen LogP) is 6.74. The number of anilines is 1. The second kappa shape index (κ2) is 11.2. The number of ether oxygens (including phenoxy) is 3. The van der Waals surface area contributed by atoms with Crippen LogP contribution in [0.4, 0.5) is 50.0 Å². The van der Waals surface area contributed by atoms with Crippen LogP contribution >= 0.6 is 0 Å². The molecule has 16 heteroatoms. The van der Waals surface area contributed by atoms with E-state index in [2.05, 4.69) is 0 Å². The molecule has 2 aromatic carbocycles. The zero-order chi connectivity index (χ0) is 31.1. The van der Waals surface area contributed by atoms with Gasteiger partial charge in [0.05, 0.1) is 44.2 Å². The zero-order valence-electron chi connectivity index (χ0n) is 21.8. The molecule has 0 unspecified atom stereocenters. The van der Waals surface area contributed by atoms with E-state index in [0.29, 0.717) is 17.0 Å². The highest BCUT2D eigenvalue weighted by Crippen LogP contribution is 2.47. The van der Waals surface area contributed by atoms with Crippen molar-refractivity contribution in [1.82, 2.24) is 4.90 Å². The van der Waals surface area contributed by atoms with E-state index in [4.69, 9.17) is 14.2 Å². The highest BCUT2D eigenvalue weighted by atomic mass is 19.4. The van der Waals surface area contributed by atoms with E-state index in [1.807, 2.05) is 0 Å². The molecule has 41 heavy (non-hydrogen) atoms. The molecule has 1 aliphatic rings. The van der Waals surface area contributed by atoms with Crippen molar-refractivity contribution in [2.75, 3.05) is 26.2 Å². The molecule has 0 aliphatic carbocycles. The van der Waals surface area contributed by atoms with Crippen molar-refractivity contribution in [3.8, 4) is 11.5 Å². The van der Waals surface area contributed by atoms with Gasteiger partial charge in [-0.3, -0.25) is 9.69 Å². The fourth-order valence-corrected chi connectivity index (χ4v) is 4.62. The van der Waals surface area contributed by atoms with Crippen LogP contribution in [0.3, 0.4) is 0 Å². The first-order valence-electron chi connectivity index (χ1n) is 11.6. The second-order valence-corrected chi connectivity index (χ2v) is 9.05. The summed E-state index contributed by atoms with van der Waals surface area (Å²) in [6, 6.07) is 0.459. The summed E-state index contributed by atoms with van der Waals surface area (Å²) >= 11 is 0. The van der Waals surface area contributed by atoms with Gasteiger partial charge in [-0.2, -0.15) is 39.5 Å². The third kappa shape index (κ3) is 6.56. The molecule has 0 radical (unpaired) electrons. The molecule has 2 atom stereocenters. The lowest BCUT2D eigenvalue weighted by atomic mass is 9.89. The van der Waals surface area contributed by atoms with Gasteiger partial charge >= 0.3 is 30.5 Å². The lowest BCUT2D eigenvalue weighted by molar-refractivity contribution is -0.171. The molecule has 226 valence electrons. The number of carbonyl (C=O) groups is 2. The van der Waals surface area contributed by atoms with E-state index in [9.17, 15) is 49.1 Å². The van der Waals surface area contributed by atoms with Gasteiger partial charge in [0.15, 0.2) is 11.5 Å². The Hall–Kier alpha value is -3.85. The van der Waals surface area contributed by atoms with Crippen LogP contribution in [0.5, 0.6) is 11.5 Å². The van der Waals surface area contributed by atoms with Gasteiger partial charge < -0.3 is 19.1 Å². The van der Waals surface area contributed by atoms with Crippen LogP contribution in [-0.4, -0.2) is 50.4 Å². The summed E-state index contributed by atoms with van der Waals surface area (Å²) < 4.78 is 136. The molecule has 3 rings (SSSR count). The van der Waals surface area contributed by atoms with E-state index >= 15 is 0 Å². The minimum atomic E-state index is -5.31. The van der Waals surface area contributed by atoms with Crippen molar-refractivity contribution in [2.24, 2.45) is 0 Å². The van der Waals surface area contributed by atoms with Crippen LogP contribution in [0.2, 0.25) is 0 Å². The summed E-state index contributed by atoms with van der Waals surface area (Å²) in [4.78, 5) is 26.5. The van der Waals surface area contributed by atoms with Crippen molar-refractivity contribution in [2.45, 2.75) is 50.5 Å². The summed E-state index contributed by atoms with van der Waals surface area (Å²) in [7, 11) is 3.28. The first kappa shape index (κ1) is 31.7. The van der Waals surface area contributed by atoms with E-state index in [0.717, 1.165) is 18.1 Å². The molecule has 7 nitrogen and oxygen atoms in total. The van der Waals surface area contributed by atoms with Crippen molar-refractivity contribution < 1.29 is 63.3 Å². The van der Waals surface area contributed by atoms with Gasteiger partial charge in [-0.05, 0) is 43.2 Å². The molecule has 2 amide bonds.